The van der Waals surface area contributed by atoms with Crippen LogP contribution in [0.5, 0.6) is 17.2 Å². The van der Waals surface area contributed by atoms with Crippen molar-refractivity contribution in [3.05, 3.63) is 53.1 Å². The van der Waals surface area contributed by atoms with E-state index in [-0.39, 0.29) is 5.75 Å². The number of phenolic OH excluding ortho intramolecular Hbond substituents is 1. The van der Waals surface area contributed by atoms with E-state index < -0.39 is 0 Å². The second-order valence-electron chi connectivity index (χ2n) is 3.35. The van der Waals surface area contributed by atoms with Gasteiger partial charge in [0.05, 0.1) is 10.6 Å². The number of aromatic hydroxyl groups is 1. The summed E-state index contributed by atoms with van der Waals surface area (Å²) in [6.07, 6.45) is 0. The largest absolute Gasteiger partial charge is 0.508 e. The summed E-state index contributed by atoms with van der Waals surface area (Å²) in [5.74, 6) is 1.15. The molecule has 0 heterocycles. The van der Waals surface area contributed by atoms with Gasteiger partial charge in [-0.3, -0.25) is 0 Å². The Morgan fingerprint density at radius 2 is 1.88 bits per heavy atom. The van der Waals surface area contributed by atoms with Crippen molar-refractivity contribution in [2.45, 2.75) is 0 Å². The molecule has 0 spiro atoms. The first-order valence-electron chi connectivity index (χ1n) is 4.85. The number of hydrogen-bond donors (Lipinski definition) is 1. The van der Waals surface area contributed by atoms with Gasteiger partial charge in [-0.2, -0.15) is 5.26 Å². The van der Waals surface area contributed by atoms with Gasteiger partial charge in [-0.1, -0.05) is 17.7 Å². The number of rotatable bonds is 2. The Morgan fingerprint density at radius 1 is 1.12 bits per heavy atom. The van der Waals surface area contributed by atoms with Gasteiger partial charge in [0.25, 0.3) is 0 Å². The van der Waals surface area contributed by atoms with E-state index in [0.717, 1.165) is 0 Å². The smallest absolute Gasteiger partial charge is 0.131 e. The van der Waals surface area contributed by atoms with Crippen LogP contribution in [-0.4, -0.2) is 5.11 Å². The molecule has 0 saturated heterocycles. The number of halogens is 1. The Kier molecular flexibility index (Phi) is 3.17. The summed E-state index contributed by atoms with van der Waals surface area (Å²) in [7, 11) is 0. The zero-order valence-corrected chi connectivity index (χ0v) is 9.48. The zero-order chi connectivity index (χ0) is 12.3. The number of hydrogen-bond acceptors (Lipinski definition) is 3. The average Bonchev–Trinajstić information content (AvgIpc) is 2.29. The van der Waals surface area contributed by atoms with Crippen LogP contribution >= 0.6 is 11.6 Å². The SMILES string of the molecule is N#Cc1ccc(Oc2cccc(O)c2)cc1Cl. The van der Waals surface area contributed by atoms with Crippen LogP contribution in [0.4, 0.5) is 0 Å². The zero-order valence-electron chi connectivity index (χ0n) is 8.72. The summed E-state index contributed by atoms with van der Waals surface area (Å²) in [4.78, 5) is 0. The third kappa shape index (κ3) is 2.68. The van der Waals surface area contributed by atoms with Gasteiger partial charge in [-0.15, -0.1) is 0 Å². The number of ether oxygens (including phenoxy) is 1. The molecule has 0 aliphatic heterocycles. The van der Waals surface area contributed by atoms with E-state index in [9.17, 15) is 5.11 Å². The molecule has 1 N–H and O–H groups in total. The maximum absolute atomic E-state index is 9.28. The van der Waals surface area contributed by atoms with E-state index in [1.165, 1.54) is 6.07 Å². The molecule has 0 aromatic heterocycles. The maximum atomic E-state index is 9.28. The van der Waals surface area contributed by atoms with E-state index >= 15 is 0 Å². The van der Waals surface area contributed by atoms with Gasteiger partial charge in [0.1, 0.15) is 23.3 Å². The molecule has 84 valence electrons. The molecular weight excluding hydrogens is 238 g/mol. The van der Waals surface area contributed by atoms with Crippen molar-refractivity contribution in [1.82, 2.24) is 0 Å². The lowest BCUT2D eigenvalue weighted by Crippen LogP contribution is -1.85. The summed E-state index contributed by atoms with van der Waals surface area (Å²) < 4.78 is 5.49. The molecule has 0 saturated carbocycles. The predicted molar refractivity (Wildman–Crippen MR) is 64.3 cm³/mol. The summed E-state index contributed by atoms with van der Waals surface area (Å²) in [6.45, 7) is 0. The van der Waals surface area contributed by atoms with Crippen LogP contribution in [0.15, 0.2) is 42.5 Å². The molecular formula is C13H8ClNO2. The van der Waals surface area contributed by atoms with E-state index in [1.807, 2.05) is 6.07 Å². The molecule has 0 aliphatic rings. The van der Waals surface area contributed by atoms with Crippen LogP contribution in [0.2, 0.25) is 5.02 Å². The number of phenols is 1. The number of benzene rings is 2. The van der Waals surface area contributed by atoms with Crippen LogP contribution in [0.3, 0.4) is 0 Å². The highest BCUT2D eigenvalue weighted by atomic mass is 35.5. The Bertz CT molecular complexity index is 590. The molecule has 2 rings (SSSR count). The molecule has 0 atom stereocenters. The molecule has 2 aromatic carbocycles. The topological polar surface area (TPSA) is 53.2 Å². The molecule has 3 nitrogen and oxygen atoms in total. The summed E-state index contributed by atoms with van der Waals surface area (Å²) in [5.41, 5.74) is 0.398. The van der Waals surface area contributed by atoms with E-state index in [2.05, 4.69) is 0 Å². The van der Waals surface area contributed by atoms with Crippen molar-refractivity contribution in [1.29, 1.82) is 5.26 Å². The summed E-state index contributed by atoms with van der Waals surface area (Å²) in [5, 5.41) is 18.3. The lowest BCUT2D eigenvalue weighted by molar-refractivity contribution is 0.455. The Labute approximate surface area is 103 Å². The fraction of sp³-hybridized carbons (Fsp3) is 0. The minimum atomic E-state index is 0.127. The molecule has 0 aliphatic carbocycles. The molecule has 17 heavy (non-hydrogen) atoms. The molecule has 0 fully saturated rings. The first-order chi connectivity index (χ1) is 8.19. The lowest BCUT2D eigenvalue weighted by atomic mass is 10.2. The van der Waals surface area contributed by atoms with Gasteiger partial charge < -0.3 is 9.84 Å². The minimum Gasteiger partial charge on any atom is -0.508 e. The molecule has 0 bridgehead atoms. The highest BCUT2D eigenvalue weighted by molar-refractivity contribution is 6.31. The third-order valence-corrected chi connectivity index (χ3v) is 2.43. The van der Waals surface area contributed by atoms with Crippen molar-refractivity contribution < 1.29 is 9.84 Å². The van der Waals surface area contributed by atoms with Gasteiger partial charge in [0, 0.05) is 12.1 Å². The van der Waals surface area contributed by atoms with Gasteiger partial charge in [-0.05, 0) is 24.3 Å². The highest BCUT2D eigenvalue weighted by Crippen LogP contribution is 2.28. The van der Waals surface area contributed by atoms with Crippen LogP contribution < -0.4 is 4.74 Å². The van der Waals surface area contributed by atoms with Crippen molar-refractivity contribution >= 4 is 11.6 Å². The van der Waals surface area contributed by atoms with E-state index in [4.69, 9.17) is 21.6 Å². The first kappa shape index (κ1) is 11.3. The van der Waals surface area contributed by atoms with Crippen LogP contribution in [-0.2, 0) is 0 Å². The fourth-order valence-electron chi connectivity index (χ4n) is 1.33. The second-order valence-corrected chi connectivity index (χ2v) is 3.76. The van der Waals surface area contributed by atoms with Crippen LogP contribution in [0.25, 0.3) is 0 Å². The monoisotopic (exact) mass is 245 g/mol. The standard InChI is InChI=1S/C13H8ClNO2/c14-13-7-12(5-4-9(13)8-15)17-11-3-1-2-10(16)6-11/h1-7,16H. The Morgan fingerprint density at radius 3 is 2.53 bits per heavy atom. The van der Waals surface area contributed by atoms with Gasteiger partial charge in [0.2, 0.25) is 0 Å². The fourth-order valence-corrected chi connectivity index (χ4v) is 1.55. The second kappa shape index (κ2) is 4.77. The predicted octanol–water partition coefficient (Wildman–Crippen LogP) is 3.71. The van der Waals surface area contributed by atoms with Crippen molar-refractivity contribution in [3.63, 3.8) is 0 Å². The lowest BCUT2D eigenvalue weighted by Gasteiger charge is -2.06. The van der Waals surface area contributed by atoms with Crippen LogP contribution in [0, 0.1) is 11.3 Å². The normalized spacial score (nSPS) is 9.65. The number of nitrogens with zero attached hydrogens (tertiary/aromatic N) is 1. The van der Waals surface area contributed by atoms with Crippen molar-refractivity contribution in [3.8, 4) is 23.3 Å². The van der Waals surface area contributed by atoms with Gasteiger partial charge in [-0.25, -0.2) is 0 Å². The Hall–Kier alpha value is -2.18. The van der Waals surface area contributed by atoms with Crippen molar-refractivity contribution in [2.24, 2.45) is 0 Å². The Balaban J connectivity index is 2.25. The average molecular weight is 246 g/mol. The third-order valence-electron chi connectivity index (χ3n) is 2.11. The number of nitriles is 1. The summed E-state index contributed by atoms with van der Waals surface area (Å²) >= 11 is 5.88. The molecule has 4 heteroatoms. The van der Waals surface area contributed by atoms with Crippen molar-refractivity contribution in [2.75, 3.05) is 0 Å². The molecule has 2 aromatic rings. The highest BCUT2D eigenvalue weighted by Gasteiger charge is 2.03. The van der Waals surface area contributed by atoms with E-state index in [0.29, 0.717) is 22.1 Å². The van der Waals surface area contributed by atoms with Gasteiger partial charge >= 0.3 is 0 Å². The first-order valence-corrected chi connectivity index (χ1v) is 5.23. The van der Waals surface area contributed by atoms with E-state index in [1.54, 1.807) is 36.4 Å². The maximum Gasteiger partial charge on any atom is 0.131 e. The van der Waals surface area contributed by atoms with Crippen LogP contribution in [0.1, 0.15) is 5.56 Å². The molecule has 0 unspecified atom stereocenters. The molecule has 0 radical (unpaired) electrons. The minimum absolute atomic E-state index is 0.127. The quantitative estimate of drug-likeness (QED) is 0.878. The summed E-state index contributed by atoms with van der Waals surface area (Å²) in [6, 6.07) is 13.2. The molecule has 0 amide bonds. The van der Waals surface area contributed by atoms with Gasteiger partial charge in [0.15, 0.2) is 0 Å².